The lowest BCUT2D eigenvalue weighted by atomic mass is 9.88. The second kappa shape index (κ2) is 3.82. The first-order valence-electron chi connectivity index (χ1n) is 6.37. The van der Waals surface area contributed by atoms with Crippen molar-refractivity contribution in [3.05, 3.63) is 12.2 Å². The van der Waals surface area contributed by atoms with Crippen LogP contribution in [0.4, 0.5) is 0 Å². The van der Waals surface area contributed by atoms with E-state index in [2.05, 4.69) is 6.58 Å². The van der Waals surface area contributed by atoms with Crippen LogP contribution in [0.3, 0.4) is 0 Å². The average molecular weight is 251 g/mol. The summed E-state index contributed by atoms with van der Waals surface area (Å²) < 4.78 is 11.2. The molecule has 98 valence electrons. The van der Waals surface area contributed by atoms with Crippen LogP contribution in [0.15, 0.2) is 12.2 Å². The number of ether oxygens (including phenoxy) is 2. The van der Waals surface area contributed by atoms with E-state index in [-0.39, 0.29) is 36.2 Å². The topological polar surface area (TPSA) is 55.8 Å². The van der Waals surface area contributed by atoms with Gasteiger partial charge in [-0.1, -0.05) is 6.58 Å². The zero-order chi connectivity index (χ0) is 13.0. The van der Waals surface area contributed by atoms with Gasteiger partial charge in [-0.15, -0.1) is 0 Å². The van der Waals surface area contributed by atoms with Gasteiger partial charge in [-0.05, 0) is 20.3 Å². The molecule has 0 aromatic carbocycles. The summed E-state index contributed by atoms with van der Waals surface area (Å²) in [7, 11) is 0. The first-order valence-corrected chi connectivity index (χ1v) is 6.37. The van der Waals surface area contributed by atoms with Gasteiger partial charge in [0.2, 0.25) is 5.91 Å². The van der Waals surface area contributed by atoms with Crippen LogP contribution >= 0.6 is 0 Å². The molecule has 0 aromatic rings. The van der Waals surface area contributed by atoms with Gasteiger partial charge in [0.1, 0.15) is 0 Å². The van der Waals surface area contributed by atoms with Gasteiger partial charge in [-0.2, -0.15) is 0 Å². The van der Waals surface area contributed by atoms with Crippen molar-refractivity contribution in [2.45, 2.75) is 44.6 Å². The molecule has 5 heteroatoms. The quantitative estimate of drug-likeness (QED) is 0.541. The van der Waals surface area contributed by atoms with Crippen LogP contribution in [0.5, 0.6) is 0 Å². The zero-order valence-electron chi connectivity index (χ0n) is 10.6. The van der Waals surface area contributed by atoms with Crippen LogP contribution in [0, 0.1) is 5.92 Å². The molecule has 18 heavy (non-hydrogen) atoms. The highest BCUT2D eigenvalue weighted by Crippen LogP contribution is 2.48. The van der Waals surface area contributed by atoms with Crippen LogP contribution in [-0.4, -0.2) is 47.7 Å². The van der Waals surface area contributed by atoms with Crippen LogP contribution in [0.1, 0.15) is 20.3 Å². The molecular weight excluding hydrogens is 234 g/mol. The van der Waals surface area contributed by atoms with Gasteiger partial charge in [0.15, 0.2) is 6.10 Å². The van der Waals surface area contributed by atoms with E-state index >= 15 is 0 Å². The van der Waals surface area contributed by atoms with Crippen molar-refractivity contribution in [3.63, 3.8) is 0 Å². The number of carbonyl (C=O) groups excluding carboxylic acids is 2. The molecule has 3 rings (SSSR count). The average Bonchev–Trinajstić information content (AvgIpc) is 2.92. The van der Waals surface area contributed by atoms with E-state index in [4.69, 9.17) is 9.47 Å². The first-order chi connectivity index (χ1) is 8.54. The molecule has 3 aliphatic heterocycles. The summed E-state index contributed by atoms with van der Waals surface area (Å²) in [6.45, 7) is 7.77. The predicted octanol–water partition coefficient (Wildman–Crippen LogP) is 0.492. The van der Waals surface area contributed by atoms with Gasteiger partial charge >= 0.3 is 5.97 Å². The summed E-state index contributed by atoms with van der Waals surface area (Å²) in [4.78, 5) is 25.5. The van der Waals surface area contributed by atoms with Crippen molar-refractivity contribution in [1.82, 2.24) is 4.90 Å². The molecular formula is C13H17NO4. The first kappa shape index (κ1) is 11.7. The molecule has 0 aliphatic carbocycles. The molecule has 3 heterocycles. The number of hydrogen-bond acceptors (Lipinski definition) is 4. The molecule has 0 radical (unpaired) electrons. The van der Waals surface area contributed by atoms with Crippen LogP contribution in [0.25, 0.3) is 0 Å². The molecule has 5 nitrogen and oxygen atoms in total. The Kier molecular flexibility index (Phi) is 2.48. The second-order valence-electron chi connectivity index (χ2n) is 5.25. The lowest BCUT2D eigenvalue weighted by Crippen LogP contribution is -2.46. The van der Waals surface area contributed by atoms with Gasteiger partial charge in [0.05, 0.1) is 24.2 Å². The molecule has 0 saturated carbocycles. The summed E-state index contributed by atoms with van der Waals surface area (Å²) in [5.41, 5.74) is 0.377. The molecule has 3 fully saturated rings. The molecule has 0 spiro atoms. The Morgan fingerprint density at radius 1 is 1.61 bits per heavy atom. The van der Waals surface area contributed by atoms with E-state index in [0.717, 1.165) is 0 Å². The van der Waals surface area contributed by atoms with Crippen molar-refractivity contribution < 1.29 is 19.1 Å². The number of likely N-dealkylation sites (N-methyl/N-ethyl adjacent to an activating group) is 1. The third-order valence-electron chi connectivity index (χ3n) is 4.15. The summed E-state index contributed by atoms with van der Waals surface area (Å²) in [6.07, 6.45) is 0.117. The number of rotatable bonds is 3. The molecule has 2 bridgehead atoms. The SMILES string of the molecule is C=C(C)C(=O)OC1C2CC3C(=O)N(CC)C1C3O2. The Labute approximate surface area is 106 Å². The van der Waals surface area contributed by atoms with Crippen molar-refractivity contribution in [2.24, 2.45) is 5.92 Å². The fourth-order valence-corrected chi connectivity index (χ4v) is 3.37. The van der Waals surface area contributed by atoms with Gasteiger partial charge < -0.3 is 14.4 Å². The highest BCUT2D eigenvalue weighted by molar-refractivity contribution is 5.88. The van der Waals surface area contributed by atoms with Crippen molar-refractivity contribution in [3.8, 4) is 0 Å². The van der Waals surface area contributed by atoms with E-state index in [1.165, 1.54) is 0 Å². The summed E-state index contributed by atoms with van der Waals surface area (Å²) >= 11 is 0. The van der Waals surface area contributed by atoms with Crippen LogP contribution in [-0.2, 0) is 19.1 Å². The Morgan fingerprint density at radius 2 is 2.33 bits per heavy atom. The summed E-state index contributed by atoms with van der Waals surface area (Å²) in [6, 6.07) is -0.102. The number of fused-ring (bicyclic) bond motifs is 1. The third-order valence-corrected chi connectivity index (χ3v) is 4.15. The van der Waals surface area contributed by atoms with Crippen molar-refractivity contribution >= 4 is 11.9 Å². The van der Waals surface area contributed by atoms with E-state index < -0.39 is 5.97 Å². The lowest BCUT2D eigenvalue weighted by Gasteiger charge is -2.28. The maximum absolute atomic E-state index is 12.1. The number of carbonyl (C=O) groups is 2. The Bertz CT molecular complexity index is 433. The monoisotopic (exact) mass is 251 g/mol. The standard InChI is InChI=1S/C13H17NO4/c1-4-14-9-10-7(12(14)15)5-8(17-10)11(9)18-13(16)6(2)3/h7-11H,2,4-5H2,1,3H3. The fourth-order valence-electron chi connectivity index (χ4n) is 3.37. The minimum absolute atomic E-state index is 0.0280. The molecule has 3 saturated heterocycles. The minimum atomic E-state index is -0.400. The molecule has 3 aliphatic rings. The van der Waals surface area contributed by atoms with Gasteiger partial charge in [0.25, 0.3) is 0 Å². The largest absolute Gasteiger partial charge is 0.454 e. The molecule has 0 N–H and O–H groups in total. The lowest BCUT2D eigenvalue weighted by molar-refractivity contribution is -0.149. The molecule has 5 atom stereocenters. The van der Waals surface area contributed by atoms with Crippen LogP contribution < -0.4 is 0 Å². The van der Waals surface area contributed by atoms with Gasteiger partial charge in [-0.3, -0.25) is 4.79 Å². The highest BCUT2D eigenvalue weighted by atomic mass is 16.6. The smallest absolute Gasteiger partial charge is 0.333 e. The molecule has 5 unspecified atom stereocenters. The number of esters is 1. The van der Waals surface area contributed by atoms with Gasteiger partial charge in [0, 0.05) is 12.1 Å². The zero-order valence-corrected chi connectivity index (χ0v) is 10.6. The Balaban J connectivity index is 1.84. The van der Waals surface area contributed by atoms with E-state index in [1.54, 1.807) is 11.8 Å². The number of hydrogen-bond donors (Lipinski definition) is 0. The normalized spacial score (nSPS) is 40.4. The van der Waals surface area contributed by atoms with E-state index in [0.29, 0.717) is 18.5 Å². The minimum Gasteiger partial charge on any atom is -0.454 e. The Hall–Kier alpha value is -1.36. The maximum Gasteiger partial charge on any atom is 0.333 e. The molecule has 0 aromatic heterocycles. The molecule has 1 amide bonds. The predicted molar refractivity (Wildman–Crippen MR) is 62.6 cm³/mol. The van der Waals surface area contributed by atoms with E-state index in [9.17, 15) is 9.59 Å². The highest BCUT2D eigenvalue weighted by Gasteiger charge is 2.65. The summed E-state index contributed by atoms with van der Waals surface area (Å²) in [5.74, 6) is -0.285. The number of nitrogens with zero attached hydrogens (tertiary/aromatic N) is 1. The van der Waals surface area contributed by atoms with Crippen molar-refractivity contribution in [1.29, 1.82) is 0 Å². The van der Waals surface area contributed by atoms with Crippen molar-refractivity contribution in [2.75, 3.05) is 6.54 Å². The second-order valence-corrected chi connectivity index (χ2v) is 5.25. The number of likely N-dealkylation sites (tertiary alicyclic amines) is 1. The van der Waals surface area contributed by atoms with Gasteiger partial charge in [-0.25, -0.2) is 4.79 Å². The summed E-state index contributed by atoms with van der Waals surface area (Å²) in [5, 5.41) is 0. The van der Waals surface area contributed by atoms with E-state index in [1.807, 2.05) is 6.92 Å². The van der Waals surface area contributed by atoms with Crippen LogP contribution in [0.2, 0.25) is 0 Å². The fraction of sp³-hybridized carbons (Fsp3) is 0.692. The number of amides is 1. The third kappa shape index (κ3) is 1.37. The maximum atomic E-state index is 12.1. The Morgan fingerprint density at radius 3 is 2.94 bits per heavy atom.